The molecule has 0 N–H and O–H groups in total. The molecule has 1 fully saturated rings. The van der Waals surface area contributed by atoms with Gasteiger partial charge in [-0.25, -0.2) is 4.39 Å². The summed E-state index contributed by atoms with van der Waals surface area (Å²) in [5.74, 6) is 1.38. The molecular formula is C26H35F. The van der Waals surface area contributed by atoms with Gasteiger partial charge >= 0.3 is 0 Å². The summed E-state index contributed by atoms with van der Waals surface area (Å²) < 4.78 is 14.8. The number of hydrogen-bond acceptors (Lipinski definition) is 0. The predicted molar refractivity (Wildman–Crippen MR) is 115 cm³/mol. The van der Waals surface area contributed by atoms with Crippen molar-refractivity contribution in [3.05, 3.63) is 59.4 Å². The van der Waals surface area contributed by atoms with E-state index in [2.05, 4.69) is 44.2 Å². The Bertz CT molecular complexity index is 693. The minimum Gasteiger partial charge on any atom is -0.206 e. The van der Waals surface area contributed by atoms with Crippen LogP contribution >= 0.6 is 0 Å². The van der Waals surface area contributed by atoms with E-state index in [-0.39, 0.29) is 5.82 Å². The molecule has 0 aromatic heterocycles. The Labute approximate surface area is 165 Å². The summed E-state index contributed by atoms with van der Waals surface area (Å²) in [6.45, 7) is 4.46. The van der Waals surface area contributed by atoms with Crippen LogP contribution in [-0.4, -0.2) is 0 Å². The standard InChI is InChI=1S/C26H35F/c1-3-5-6-8-21-9-13-22(14-10-21)24-17-18-25(26(27)19-24)23-15-11-20(7-4-2)12-16-23/h11-12,15-19,21-22H,3-10,13-14H2,1-2H3/t21-,22-. The van der Waals surface area contributed by atoms with E-state index in [0.29, 0.717) is 5.92 Å². The lowest BCUT2D eigenvalue weighted by Crippen LogP contribution is -2.13. The zero-order chi connectivity index (χ0) is 19.1. The van der Waals surface area contributed by atoms with Gasteiger partial charge in [-0.05, 0) is 66.7 Å². The maximum atomic E-state index is 14.8. The van der Waals surface area contributed by atoms with Gasteiger partial charge in [0.25, 0.3) is 0 Å². The molecule has 0 radical (unpaired) electrons. The Kier molecular flexibility index (Phi) is 7.50. The summed E-state index contributed by atoms with van der Waals surface area (Å²) in [7, 11) is 0. The first-order valence-electron chi connectivity index (χ1n) is 11.1. The van der Waals surface area contributed by atoms with Crippen LogP contribution in [0.4, 0.5) is 4.39 Å². The molecule has 27 heavy (non-hydrogen) atoms. The van der Waals surface area contributed by atoms with Crippen molar-refractivity contribution in [2.45, 2.75) is 84.0 Å². The zero-order valence-corrected chi connectivity index (χ0v) is 17.1. The van der Waals surface area contributed by atoms with E-state index >= 15 is 0 Å². The van der Waals surface area contributed by atoms with Gasteiger partial charge in [0.2, 0.25) is 0 Å². The quantitative estimate of drug-likeness (QED) is 0.412. The lowest BCUT2D eigenvalue weighted by atomic mass is 9.77. The average Bonchev–Trinajstić information content (AvgIpc) is 2.70. The van der Waals surface area contributed by atoms with Crippen LogP contribution in [0.15, 0.2) is 42.5 Å². The Morgan fingerprint density at radius 2 is 1.59 bits per heavy atom. The summed E-state index contributed by atoms with van der Waals surface area (Å²) >= 11 is 0. The fourth-order valence-electron chi connectivity index (χ4n) is 4.63. The van der Waals surface area contributed by atoms with E-state index < -0.39 is 0 Å². The van der Waals surface area contributed by atoms with Gasteiger partial charge in [0.1, 0.15) is 5.82 Å². The Morgan fingerprint density at radius 1 is 0.852 bits per heavy atom. The van der Waals surface area contributed by atoms with Crippen molar-refractivity contribution in [2.24, 2.45) is 5.92 Å². The SMILES string of the molecule is CCCCC[C@H]1CC[C@H](c2ccc(-c3ccc(CCC)cc3)c(F)c2)CC1. The zero-order valence-electron chi connectivity index (χ0n) is 17.1. The van der Waals surface area contributed by atoms with Gasteiger partial charge in [-0.2, -0.15) is 0 Å². The highest BCUT2D eigenvalue weighted by molar-refractivity contribution is 5.65. The first kappa shape index (κ1) is 20.1. The Balaban J connectivity index is 1.61. The summed E-state index contributed by atoms with van der Waals surface area (Å²) in [4.78, 5) is 0. The van der Waals surface area contributed by atoms with Crippen molar-refractivity contribution < 1.29 is 4.39 Å². The second-order valence-electron chi connectivity index (χ2n) is 8.40. The molecule has 146 valence electrons. The second-order valence-corrected chi connectivity index (χ2v) is 8.40. The minimum atomic E-state index is -0.0687. The highest BCUT2D eigenvalue weighted by Crippen LogP contribution is 2.38. The Morgan fingerprint density at radius 3 is 2.22 bits per heavy atom. The largest absolute Gasteiger partial charge is 0.206 e. The van der Waals surface area contributed by atoms with Crippen LogP contribution < -0.4 is 0 Å². The van der Waals surface area contributed by atoms with Crippen LogP contribution in [0.3, 0.4) is 0 Å². The van der Waals surface area contributed by atoms with E-state index in [0.717, 1.165) is 29.9 Å². The number of unbranched alkanes of at least 4 members (excludes halogenated alkanes) is 2. The second kappa shape index (κ2) is 10.1. The van der Waals surface area contributed by atoms with Crippen molar-refractivity contribution in [2.75, 3.05) is 0 Å². The number of aryl methyl sites for hydroxylation is 1. The van der Waals surface area contributed by atoms with Gasteiger partial charge in [0.05, 0.1) is 0 Å². The molecule has 2 aromatic rings. The molecule has 0 nitrogen and oxygen atoms in total. The van der Waals surface area contributed by atoms with Gasteiger partial charge in [-0.3, -0.25) is 0 Å². The topological polar surface area (TPSA) is 0 Å². The molecule has 0 amide bonds. The van der Waals surface area contributed by atoms with E-state index in [1.54, 1.807) is 6.07 Å². The molecule has 0 atom stereocenters. The van der Waals surface area contributed by atoms with Gasteiger partial charge in [0, 0.05) is 5.56 Å². The molecule has 0 spiro atoms. The van der Waals surface area contributed by atoms with Gasteiger partial charge in [0.15, 0.2) is 0 Å². The molecule has 3 rings (SSSR count). The van der Waals surface area contributed by atoms with Crippen LogP contribution in [0.2, 0.25) is 0 Å². The lowest BCUT2D eigenvalue weighted by Gasteiger charge is -2.29. The molecule has 1 aliphatic rings. The molecule has 0 heterocycles. The fraction of sp³-hybridized carbons (Fsp3) is 0.538. The van der Waals surface area contributed by atoms with Crippen LogP contribution in [0.1, 0.15) is 88.7 Å². The van der Waals surface area contributed by atoms with Crippen LogP contribution in [0.5, 0.6) is 0 Å². The third-order valence-corrected chi connectivity index (χ3v) is 6.33. The normalized spacial score (nSPS) is 20.0. The first-order chi connectivity index (χ1) is 13.2. The smallest absolute Gasteiger partial charge is 0.131 e. The van der Waals surface area contributed by atoms with Crippen molar-refractivity contribution in [3.8, 4) is 11.1 Å². The molecule has 2 aromatic carbocycles. The van der Waals surface area contributed by atoms with Crippen LogP contribution in [0, 0.1) is 11.7 Å². The number of hydrogen-bond donors (Lipinski definition) is 0. The van der Waals surface area contributed by atoms with Gasteiger partial charge < -0.3 is 0 Å². The monoisotopic (exact) mass is 366 g/mol. The van der Waals surface area contributed by atoms with E-state index in [1.807, 2.05) is 6.07 Å². The summed E-state index contributed by atoms with van der Waals surface area (Å²) in [6, 6.07) is 14.3. The van der Waals surface area contributed by atoms with Crippen molar-refractivity contribution >= 4 is 0 Å². The molecule has 1 saturated carbocycles. The number of benzene rings is 2. The molecule has 0 saturated heterocycles. The molecular weight excluding hydrogens is 331 g/mol. The summed E-state index contributed by atoms with van der Waals surface area (Å²) in [5.41, 5.74) is 4.24. The Hall–Kier alpha value is -1.63. The highest BCUT2D eigenvalue weighted by atomic mass is 19.1. The highest BCUT2D eigenvalue weighted by Gasteiger charge is 2.22. The lowest BCUT2D eigenvalue weighted by molar-refractivity contribution is 0.302. The maximum absolute atomic E-state index is 14.8. The van der Waals surface area contributed by atoms with Crippen LogP contribution in [-0.2, 0) is 6.42 Å². The van der Waals surface area contributed by atoms with Crippen molar-refractivity contribution in [3.63, 3.8) is 0 Å². The minimum absolute atomic E-state index is 0.0687. The van der Waals surface area contributed by atoms with E-state index in [9.17, 15) is 4.39 Å². The maximum Gasteiger partial charge on any atom is 0.131 e. The van der Waals surface area contributed by atoms with E-state index in [4.69, 9.17) is 0 Å². The third-order valence-electron chi connectivity index (χ3n) is 6.33. The number of rotatable bonds is 8. The summed E-state index contributed by atoms with van der Waals surface area (Å²) in [6.07, 6.45) is 12.8. The van der Waals surface area contributed by atoms with Gasteiger partial charge in [-0.1, -0.05) is 82.3 Å². The average molecular weight is 367 g/mol. The van der Waals surface area contributed by atoms with Gasteiger partial charge in [-0.15, -0.1) is 0 Å². The number of halogens is 1. The third kappa shape index (κ3) is 5.43. The molecule has 1 heteroatoms. The molecule has 1 aliphatic carbocycles. The predicted octanol–water partition coefficient (Wildman–Crippen LogP) is 8.30. The fourth-order valence-corrected chi connectivity index (χ4v) is 4.63. The van der Waals surface area contributed by atoms with Crippen molar-refractivity contribution in [1.82, 2.24) is 0 Å². The first-order valence-corrected chi connectivity index (χ1v) is 11.1. The summed E-state index contributed by atoms with van der Waals surface area (Å²) in [5, 5.41) is 0. The van der Waals surface area contributed by atoms with E-state index in [1.165, 1.54) is 62.5 Å². The molecule has 0 unspecified atom stereocenters. The molecule has 0 aliphatic heterocycles. The van der Waals surface area contributed by atoms with Crippen molar-refractivity contribution in [1.29, 1.82) is 0 Å². The van der Waals surface area contributed by atoms with Crippen LogP contribution in [0.25, 0.3) is 11.1 Å². The molecule has 0 bridgehead atoms.